The first-order valence-electron chi connectivity index (χ1n) is 5.60. The Kier molecular flexibility index (Phi) is 3.78. The number of aryl methyl sites for hydroxylation is 1. The van der Waals surface area contributed by atoms with Gasteiger partial charge in [0, 0.05) is 13.2 Å². The third-order valence-electron chi connectivity index (χ3n) is 2.32. The molecule has 2 rings (SSSR count). The molecule has 96 valence electrons. The van der Waals surface area contributed by atoms with Crippen LogP contribution in [0, 0.1) is 11.3 Å². The van der Waals surface area contributed by atoms with Gasteiger partial charge in [0.05, 0.1) is 0 Å². The molecule has 0 atom stereocenters. The summed E-state index contributed by atoms with van der Waals surface area (Å²) in [7, 11) is 1.68. The maximum absolute atomic E-state index is 11.7. The van der Waals surface area contributed by atoms with Crippen LogP contribution in [0.1, 0.15) is 5.56 Å². The predicted octanol–water partition coefficient (Wildman–Crippen LogP) is 1.31. The molecule has 2 aromatic rings. The van der Waals surface area contributed by atoms with E-state index in [0.29, 0.717) is 11.3 Å². The zero-order chi connectivity index (χ0) is 13.7. The molecule has 0 saturated heterocycles. The second-order valence-corrected chi connectivity index (χ2v) is 3.83. The average Bonchev–Trinajstić information content (AvgIpc) is 2.77. The van der Waals surface area contributed by atoms with Gasteiger partial charge in [-0.05, 0) is 12.1 Å². The van der Waals surface area contributed by atoms with Crippen LogP contribution in [0.5, 0.6) is 5.75 Å². The van der Waals surface area contributed by atoms with E-state index < -0.39 is 0 Å². The molecule has 1 heterocycles. The minimum atomic E-state index is -0.362. The first kappa shape index (κ1) is 12.6. The van der Waals surface area contributed by atoms with Crippen LogP contribution in [0.4, 0.5) is 5.82 Å². The van der Waals surface area contributed by atoms with Crippen molar-refractivity contribution in [3.63, 3.8) is 0 Å². The van der Waals surface area contributed by atoms with Crippen LogP contribution >= 0.6 is 0 Å². The largest absolute Gasteiger partial charge is 0.484 e. The smallest absolute Gasteiger partial charge is 0.263 e. The lowest BCUT2D eigenvalue weighted by Crippen LogP contribution is -2.21. The summed E-state index contributed by atoms with van der Waals surface area (Å²) in [6, 6.07) is 11.0. The van der Waals surface area contributed by atoms with Gasteiger partial charge in [0.15, 0.2) is 12.4 Å². The van der Waals surface area contributed by atoms with Crippen LogP contribution in [0.25, 0.3) is 0 Å². The fourth-order valence-corrected chi connectivity index (χ4v) is 1.50. The number of aromatic nitrogens is 2. The van der Waals surface area contributed by atoms with E-state index in [9.17, 15) is 4.79 Å². The molecular formula is C13H12N4O2. The molecule has 1 aromatic heterocycles. The summed E-state index contributed by atoms with van der Waals surface area (Å²) in [5.41, 5.74) is 0.315. The van der Waals surface area contributed by atoms with Gasteiger partial charge in [-0.3, -0.25) is 9.48 Å². The normalized spacial score (nSPS) is 9.68. The first-order chi connectivity index (χ1) is 9.19. The molecule has 1 N–H and O–H groups in total. The van der Waals surface area contributed by atoms with Crippen LogP contribution in [-0.2, 0) is 11.8 Å². The van der Waals surface area contributed by atoms with Crippen molar-refractivity contribution in [1.82, 2.24) is 9.78 Å². The minimum absolute atomic E-state index is 0.133. The molecule has 0 aliphatic heterocycles. The molecular weight excluding hydrogens is 244 g/mol. The monoisotopic (exact) mass is 256 g/mol. The van der Waals surface area contributed by atoms with Crippen LogP contribution in [0.2, 0.25) is 0 Å². The Labute approximate surface area is 110 Å². The summed E-state index contributed by atoms with van der Waals surface area (Å²) in [5.74, 6) is 0.491. The summed E-state index contributed by atoms with van der Waals surface area (Å²) in [4.78, 5) is 11.7. The highest BCUT2D eigenvalue weighted by Gasteiger charge is 2.11. The zero-order valence-electron chi connectivity index (χ0n) is 10.3. The van der Waals surface area contributed by atoms with E-state index in [-0.39, 0.29) is 18.3 Å². The summed E-state index contributed by atoms with van der Waals surface area (Å²) in [6.45, 7) is -0.133. The standard InChI is InChI=1S/C13H12N4O2/c1-17-8-10(7-14)13(16-17)15-12(18)9-19-11-5-3-2-4-6-11/h2-6,8H,9H2,1H3,(H,15,16,18). The van der Waals surface area contributed by atoms with E-state index >= 15 is 0 Å². The van der Waals surface area contributed by atoms with Crippen molar-refractivity contribution in [3.8, 4) is 11.8 Å². The number of benzene rings is 1. The molecule has 0 bridgehead atoms. The van der Waals surface area contributed by atoms with Crippen molar-refractivity contribution in [2.75, 3.05) is 11.9 Å². The Bertz CT molecular complexity index is 613. The first-order valence-corrected chi connectivity index (χ1v) is 5.60. The number of hydrogen-bond acceptors (Lipinski definition) is 4. The van der Waals surface area contributed by atoms with Gasteiger partial charge in [0.1, 0.15) is 17.4 Å². The zero-order valence-corrected chi connectivity index (χ0v) is 10.3. The number of rotatable bonds is 4. The quantitative estimate of drug-likeness (QED) is 0.894. The number of para-hydroxylation sites is 1. The lowest BCUT2D eigenvalue weighted by molar-refractivity contribution is -0.118. The number of nitrogens with one attached hydrogen (secondary N) is 1. The van der Waals surface area contributed by atoms with E-state index in [4.69, 9.17) is 10.00 Å². The molecule has 0 aliphatic rings. The minimum Gasteiger partial charge on any atom is -0.484 e. The van der Waals surface area contributed by atoms with Gasteiger partial charge in [-0.25, -0.2) is 0 Å². The summed E-state index contributed by atoms with van der Waals surface area (Å²) in [6.07, 6.45) is 1.54. The topological polar surface area (TPSA) is 79.9 Å². The van der Waals surface area contributed by atoms with Gasteiger partial charge in [-0.1, -0.05) is 18.2 Å². The van der Waals surface area contributed by atoms with Crippen molar-refractivity contribution in [1.29, 1.82) is 5.26 Å². The van der Waals surface area contributed by atoms with E-state index in [1.807, 2.05) is 24.3 Å². The molecule has 1 aromatic carbocycles. The Morgan fingerprint density at radius 3 is 2.89 bits per heavy atom. The van der Waals surface area contributed by atoms with Crippen LogP contribution in [-0.4, -0.2) is 22.3 Å². The highest BCUT2D eigenvalue weighted by Crippen LogP contribution is 2.11. The van der Waals surface area contributed by atoms with Crippen molar-refractivity contribution in [2.24, 2.45) is 7.05 Å². The Morgan fingerprint density at radius 2 is 2.21 bits per heavy atom. The molecule has 0 radical (unpaired) electrons. The van der Waals surface area contributed by atoms with Crippen LogP contribution in [0.3, 0.4) is 0 Å². The SMILES string of the molecule is Cn1cc(C#N)c(NC(=O)COc2ccccc2)n1. The van der Waals surface area contributed by atoms with Gasteiger partial charge in [0.25, 0.3) is 5.91 Å². The Balaban J connectivity index is 1.93. The Morgan fingerprint density at radius 1 is 1.47 bits per heavy atom. The fourth-order valence-electron chi connectivity index (χ4n) is 1.50. The summed E-state index contributed by atoms with van der Waals surface area (Å²) in [5, 5.41) is 15.4. The van der Waals surface area contributed by atoms with Gasteiger partial charge in [0.2, 0.25) is 0 Å². The number of ether oxygens (including phenoxy) is 1. The van der Waals surface area contributed by atoms with Gasteiger partial charge in [-0.15, -0.1) is 0 Å². The summed E-state index contributed by atoms with van der Waals surface area (Å²) >= 11 is 0. The second kappa shape index (κ2) is 5.69. The average molecular weight is 256 g/mol. The number of amides is 1. The van der Waals surface area contributed by atoms with Crippen molar-refractivity contribution >= 4 is 11.7 Å². The summed E-state index contributed by atoms with van der Waals surface area (Å²) < 4.78 is 6.76. The molecule has 0 aliphatic carbocycles. The highest BCUT2D eigenvalue weighted by atomic mass is 16.5. The molecule has 19 heavy (non-hydrogen) atoms. The van der Waals surface area contributed by atoms with E-state index in [1.54, 1.807) is 19.2 Å². The second-order valence-electron chi connectivity index (χ2n) is 3.83. The number of anilines is 1. The lowest BCUT2D eigenvalue weighted by Gasteiger charge is -2.05. The van der Waals surface area contributed by atoms with Gasteiger partial charge < -0.3 is 10.1 Å². The van der Waals surface area contributed by atoms with Crippen molar-refractivity contribution < 1.29 is 9.53 Å². The molecule has 0 spiro atoms. The number of nitriles is 1. The number of carbonyl (C=O) groups excluding carboxylic acids is 1. The predicted molar refractivity (Wildman–Crippen MR) is 68.5 cm³/mol. The third-order valence-corrected chi connectivity index (χ3v) is 2.32. The fraction of sp³-hybridized carbons (Fsp3) is 0.154. The van der Waals surface area contributed by atoms with E-state index in [2.05, 4.69) is 10.4 Å². The van der Waals surface area contributed by atoms with Crippen molar-refractivity contribution in [2.45, 2.75) is 0 Å². The highest BCUT2D eigenvalue weighted by molar-refractivity contribution is 5.92. The maximum atomic E-state index is 11.7. The molecule has 6 heteroatoms. The molecule has 0 unspecified atom stereocenters. The van der Waals surface area contributed by atoms with Gasteiger partial charge >= 0.3 is 0 Å². The van der Waals surface area contributed by atoms with Crippen LogP contribution in [0.15, 0.2) is 36.5 Å². The number of hydrogen-bond donors (Lipinski definition) is 1. The number of carbonyl (C=O) groups is 1. The Hall–Kier alpha value is -2.81. The third kappa shape index (κ3) is 3.33. The van der Waals surface area contributed by atoms with E-state index in [0.717, 1.165) is 0 Å². The maximum Gasteiger partial charge on any atom is 0.263 e. The number of nitrogens with zero attached hydrogens (tertiary/aromatic N) is 3. The lowest BCUT2D eigenvalue weighted by atomic mass is 10.3. The van der Waals surface area contributed by atoms with Crippen LogP contribution < -0.4 is 10.1 Å². The molecule has 6 nitrogen and oxygen atoms in total. The van der Waals surface area contributed by atoms with Crippen molar-refractivity contribution in [3.05, 3.63) is 42.1 Å². The molecule has 0 fully saturated rings. The van der Waals surface area contributed by atoms with E-state index in [1.165, 1.54) is 10.9 Å². The van der Waals surface area contributed by atoms with Gasteiger partial charge in [-0.2, -0.15) is 10.4 Å². The molecule has 0 saturated carbocycles. The molecule has 1 amide bonds.